The number of para-hydroxylation sites is 1. The highest BCUT2D eigenvalue weighted by Gasteiger charge is 2.70. The van der Waals surface area contributed by atoms with E-state index in [1.807, 2.05) is 60.7 Å². The lowest BCUT2D eigenvalue weighted by molar-refractivity contribution is -0.153. The standard InChI is InChI=1S/C26H26N2O5/c1-25(2,3)28-22(29)19-20(23(28)30)26(24(31)32,14-15-9-5-4-6-10-15)27-21(19)18-13-16-11-7-8-12-17(16)33-18/h4-13,19-21,27H,14H2,1-3H3,(H,31,32). The van der Waals surface area contributed by atoms with Crippen molar-refractivity contribution < 1.29 is 23.9 Å². The van der Waals surface area contributed by atoms with Gasteiger partial charge >= 0.3 is 5.97 Å². The van der Waals surface area contributed by atoms with E-state index < -0.39 is 40.8 Å². The molecule has 2 aliphatic rings. The fourth-order valence-corrected chi connectivity index (χ4v) is 5.42. The molecular formula is C26H26N2O5. The zero-order valence-electron chi connectivity index (χ0n) is 18.7. The average molecular weight is 447 g/mol. The van der Waals surface area contributed by atoms with Gasteiger partial charge in [0, 0.05) is 17.3 Å². The first-order valence-electron chi connectivity index (χ1n) is 11.0. The number of aliphatic carboxylic acids is 1. The van der Waals surface area contributed by atoms with Gasteiger partial charge in [0.1, 0.15) is 16.9 Å². The third-order valence-corrected chi connectivity index (χ3v) is 6.78. The molecule has 1 aromatic heterocycles. The van der Waals surface area contributed by atoms with Crippen molar-refractivity contribution in [3.63, 3.8) is 0 Å². The number of carboxylic acids is 1. The van der Waals surface area contributed by atoms with Crippen LogP contribution in [0, 0.1) is 11.8 Å². The monoisotopic (exact) mass is 446 g/mol. The summed E-state index contributed by atoms with van der Waals surface area (Å²) < 4.78 is 6.05. The molecule has 33 heavy (non-hydrogen) atoms. The van der Waals surface area contributed by atoms with Crippen LogP contribution in [0.4, 0.5) is 0 Å². The Kier molecular flexibility index (Phi) is 4.72. The highest BCUT2D eigenvalue weighted by atomic mass is 16.4. The molecule has 0 aliphatic carbocycles. The van der Waals surface area contributed by atoms with Gasteiger partial charge in [-0.1, -0.05) is 48.5 Å². The van der Waals surface area contributed by atoms with Gasteiger partial charge in [-0.3, -0.25) is 24.6 Å². The van der Waals surface area contributed by atoms with Crippen molar-refractivity contribution in [2.24, 2.45) is 11.8 Å². The number of carbonyl (C=O) groups excluding carboxylic acids is 2. The van der Waals surface area contributed by atoms with E-state index in [0.717, 1.165) is 10.9 Å². The van der Waals surface area contributed by atoms with E-state index in [-0.39, 0.29) is 12.3 Å². The van der Waals surface area contributed by atoms with Crippen LogP contribution in [0.1, 0.15) is 38.1 Å². The fraction of sp³-hybridized carbons (Fsp3) is 0.346. The van der Waals surface area contributed by atoms with Crippen molar-refractivity contribution in [1.82, 2.24) is 10.2 Å². The first kappa shape index (κ1) is 21.4. The molecule has 0 radical (unpaired) electrons. The Bertz CT molecular complexity index is 1230. The molecule has 7 nitrogen and oxygen atoms in total. The quantitative estimate of drug-likeness (QED) is 0.595. The highest BCUT2D eigenvalue weighted by Crippen LogP contribution is 2.51. The summed E-state index contributed by atoms with van der Waals surface area (Å²) in [7, 11) is 0. The van der Waals surface area contributed by atoms with Gasteiger partial charge in [0.15, 0.2) is 0 Å². The van der Waals surface area contributed by atoms with Crippen molar-refractivity contribution in [3.05, 3.63) is 72.0 Å². The second-order valence-corrected chi connectivity index (χ2v) is 9.93. The molecule has 5 rings (SSSR count). The summed E-state index contributed by atoms with van der Waals surface area (Å²) in [6.45, 7) is 5.35. The van der Waals surface area contributed by atoms with Crippen LogP contribution >= 0.6 is 0 Å². The summed E-state index contributed by atoms with van der Waals surface area (Å²) in [5.74, 6) is -3.46. The van der Waals surface area contributed by atoms with Gasteiger partial charge in [0.05, 0.1) is 17.9 Å². The van der Waals surface area contributed by atoms with E-state index >= 15 is 0 Å². The molecule has 3 heterocycles. The van der Waals surface area contributed by atoms with Gasteiger partial charge in [-0.25, -0.2) is 0 Å². The number of benzene rings is 2. The van der Waals surface area contributed by atoms with Crippen LogP contribution in [0.3, 0.4) is 0 Å². The predicted octanol–water partition coefficient (Wildman–Crippen LogP) is 3.54. The molecule has 2 saturated heterocycles. The molecule has 0 bridgehead atoms. The molecule has 2 aliphatic heterocycles. The number of carboxylic acid groups (broad SMARTS) is 1. The number of furan rings is 1. The van der Waals surface area contributed by atoms with Crippen molar-refractivity contribution in [2.45, 2.75) is 44.3 Å². The SMILES string of the molecule is CC(C)(C)N1C(=O)C2C(c3cc4ccccc4o3)NC(Cc3ccccc3)(C(=O)O)C2C1=O. The molecule has 4 unspecified atom stereocenters. The first-order valence-corrected chi connectivity index (χ1v) is 11.0. The molecule has 2 amide bonds. The maximum atomic E-state index is 13.7. The zero-order valence-corrected chi connectivity index (χ0v) is 18.7. The molecule has 2 N–H and O–H groups in total. The van der Waals surface area contributed by atoms with Crippen molar-refractivity contribution in [2.75, 3.05) is 0 Å². The van der Waals surface area contributed by atoms with Gasteiger partial charge in [0.2, 0.25) is 11.8 Å². The number of rotatable bonds is 4. The summed E-state index contributed by atoms with van der Waals surface area (Å²) in [6, 6.07) is 17.7. The first-order chi connectivity index (χ1) is 15.6. The Morgan fingerprint density at radius 3 is 2.36 bits per heavy atom. The lowest BCUT2D eigenvalue weighted by Crippen LogP contribution is -2.58. The lowest BCUT2D eigenvalue weighted by atomic mass is 9.76. The van der Waals surface area contributed by atoms with Crippen LogP contribution in [-0.4, -0.2) is 38.9 Å². The van der Waals surface area contributed by atoms with Crippen LogP contribution in [0.2, 0.25) is 0 Å². The minimum Gasteiger partial charge on any atom is -0.480 e. The third-order valence-electron chi connectivity index (χ3n) is 6.78. The van der Waals surface area contributed by atoms with Gasteiger partial charge < -0.3 is 9.52 Å². The lowest BCUT2D eigenvalue weighted by Gasteiger charge is -2.35. The summed E-state index contributed by atoms with van der Waals surface area (Å²) in [4.78, 5) is 41.4. The van der Waals surface area contributed by atoms with E-state index in [1.54, 1.807) is 20.8 Å². The maximum Gasteiger partial charge on any atom is 0.325 e. The Morgan fingerprint density at radius 2 is 1.73 bits per heavy atom. The average Bonchev–Trinajstić information content (AvgIpc) is 3.40. The molecule has 7 heteroatoms. The molecular weight excluding hydrogens is 420 g/mol. The molecule has 0 saturated carbocycles. The molecule has 3 aromatic rings. The van der Waals surface area contributed by atoms with E-state index in [0.29, 0.717) is 11.3 Å². The van der Waals surface area contributed by atoms with E-state index in [1.165, 1.54) is 4.90 Å². The van der Waals surface area contributed by atoms with Gasteiger partial charge in [0.25, 0.3) is 0 Å². The summed E-state index contributed by atoms with van der Waals surface area (Å²) >= 11 is 0. The largest absolute Gasteiger partial charge is 0.480 e. The minimum atomic E-state index is -1.65. The number of nitrogens with zero attached hydrogens (tertiary/aromatic N) is 1. The molecule has 0 spiro atoms. The van der Waals surface area contributed by atoms with Gasteiger partial charge in [-0.05, 0) is 38.5 Å². The van der Waals surface area contributed by atoms with Crippen LogP contribution in [0.5, 0.6) is 0 Å². The third kappa shape index (κ3) is 3.18. The number of likely N-dealkylation sites (tertiary alicyclic amines) is 1. The number of carbonyl (C=O) groups is 3. The van der Waals surface area contributed by atoms with Crippen molar-refractivity contribution in [3.8, 4) is 0 Å². The Balaban J connectivity index is 1.68. The highest BCUT2D eigenvalue weighted by molar-refractivity contribution is 6.10. The fourth-order valence-electron chi connectivity index (χ4n) is 5.42. The Labute approximate surface area is 191 Å². The summed E-state index contributed by atoms with van der Waals surface area (Å²) in [5, 5.41) is 14.6. The Morgan fingerprint density at radius 1 is 1.06 bits per heavy atom. The van der Waals surface area contributed by atoms with Gasteiger partial charge in [-0.15, -0.1) is 0 Å². The second kappa shape index (κ2) is 7.28. The number of hydrogen-bond acceptors (Lipinski definition) is 5. The van der Waals surface area contributed by atoms with Crippen LogP contribution in [0.15, 0.2) is 65.1 Å². The molecule has 2 fully saturated rings. The predicted molar refractivity (Wildman–Crippen MR) is 121 cm³/mol. The number of hydrogen-bond donors (Lipinski definition) is 2. The maximum absolute atomic E-state index is 13.7. The van der Waals surface area contributed by atoms with Crippen molar-refractivity contribution >= 4 is 28.8 Å². The van der Waals surface area contributed by atoms with Crippen molar-refractivity contribution in [1.29, 1.82) is 0 Å². The molecule has 170 valence electrons. The van der Waals surface area contributed by atoms with E-state index in [9.17, 15) is 19.5 Å². The van der Waals surface area contributed by atoms with Gasteiger partial charge in [-0.2, -0.15) is 0 Å². The van der Waals surface area contributed by atoms with E-state index in [4.69, 9.17) is 4.42 Å². The smallest absolute Gasteiger partial charge is 0.325 e. The number of imide groups is 1. The van der Waals surface area contributed by atoms with Crippen LogP contribution in [0.25, 0.3) is 11.0 Å². The number of fused-ring (bicyclic) bond motifs is 2. The topological polar surface area (TPSA) is 99.8 Å². The Hall–Kier alpha value is -3.45. The van der Waals surface area contributed by atoms with Crippen LogP contribution < -0.4 is 5.32 Å². The zero-order chi connectivity index (χ0) is 23.5. The van der Waals surface area contributed by atoms with E-state index in [2.05, 4.69) is 5.32 Å². The minimum absolute atomic E-state index is 0.0675. The van der Waals surface area contributed by atoms with Crippen LogP contribution in [-0.2, 0) is 20.8 Å². The number of amides is 2. The second-order valence-electron chi connectivity index (χ2n) is 9.93. The number of nitrogens with one attached hydrogen (secondary N) is 1. The normalized spacial score (nSPS) is 27.4. The molecule has 2 aromatic carbocycles. The summed E-state index contributed by atoms with van der Waals surface area (Å²) in [6.07, 6.45) is 0.0675. The molecule has 4 atom stereocenters. The summed E-state index contributed by atoms with van der Waals surface area (Å²) in [5.41, 5.74) is -1.01.